The average Bonchev–Trinajstić information content (AvgIpc) is 3.05. The highest BCUT2D eigenvalue weighted by Crippen LogP contribution is 2.51. The van der Waals surface area contributed by atoms with E-state index in [2.05, 4.69) is 37.9 Å². The Labute approximate surface area is 151 Å². The minimum Gasteiger partial charge on any atom is -0.488 e. The van der Waals surface area contributed by atoms with Crippen LogP contribution in [0.2, 0.25) is 0 Å². The summed E-state index contributed by atoms with van der Waals surface area (Å²) >= 11 is 12.4. The molecule has 0 aliphatic rings. The van der Waals surface area contributed by atoms with Gasteiger partial charge in [-0.15, -0.1) is 34.0 Å². The molecule has 3 aromatic rings. The zero-order valence-corrected chi connectivity index (χ0v) is 16.7. The summed E-state index contributed by atoms with van der Waals surface area (Å²) in [7, 11) is 1.67. The van der Waals surface area contributed by atoms with E-state index in [9.17, 15) is 0 Å². The first-order chi connectivity index (χ1) is 10.2. The predicted molar refractivity (Wildman–Crippen MR) is 98.7 cm³/mol. The summed E-state index contributed by atoms with van der Waals surface area (Å²) in [5.41, 5.74) is 0. The molecule has 0 radical (unpaired) electrons. The fraction of sp³-hybridized carbons (Fsp3) is 0.385. The normalized spacial score (nSPS) is 11.8. The molecular weight excluding hydrogens is 460 g/mol. The molecule has 0 amide bonds. The third-order valence-electron chi connectivity index (χ3n) is 2.77. The highest BCUT2D eigenvalue weighted by atomic mass is 79.9. The maximum absolute atomic E-state index is 5.90. The molecule has 0 aliphatic carbocycles. The van der Waals surface area contributed by atoms with Crippen LogP contribution in [0.15, 0.2) is 13.6 Å². The molecule has 3 rings (SSSR count). The molecule has 0 saturated heterocycles. The molecule has 3 nitrogen and oxygen atoms in total. The minimum absolute atomic E-state index is 0.545. The largest absolute Gasteiger partial charge is 0.488 e. The Hall–Kier alpha value is 0.300. The summed E-state index contributed by atoms with van der Waals surface area (Å²) in [4.78, 5) is 0. The monoisotopic (exact) mass is 470 g/mol. The van der Waals surface area contributed by atoms with Crippen molar-refractivity contribution in [1.82, 2.24) is 0 Å². The number of hydrogen-bond donors (Lipinski definition) is 0. The Balaban J connectivity index is 1.72. The maximum Gasteiger partial charge on any atom is 0.162 e. The molecular formula is C13H12Br2O3S3. The molecule has 3 aromatic heterocycles. The van der Waals surface area contributed by atoms with E-state index in [0.29, 0.717) is 26.4 Å². The van der Waals surface area contributed by atoms with Crippen LogP contribution in [0.3, 0.4) is 0 Å². The van der Waals surface area contributed by atoms with Gasteiger partial charge in [-0.25, -0.2) is 0 Å². The lowest BCUT2D eigenvalue weighted by molar-refractivity contribution is 0.0546. The van der Waals surface area contributed by atoms with Crippen LogP contribution in [0.1, 0.15) is 0 Å². The van der Waals surface area contributed by atoms with Gasteiger partial charge < -0.3 is 14.2 Å². The van der Waals surface area contributed by atoms with Crippen molar-refractivity contribution < 1.29 is 14.2 Å². The lowest BCUT2D eigenvalue weighted by Crippen LogP contribution is -2.09. The number of thiophene rings is 3. The second kappa shape index (κ2) is 7.25. The van der Waals surface area contributed by atoms with E-state index in [-0.39, 0.29) is 0 Å². The molecule has 0 aromatic carbocycles. The molecule has 114 valence electrons. The number of methoxy groups -OCH3 is 1. The Bertz CT molecular complexity index is 747. The number of rotatable bonds is 7. The Morgan fingerprint density at radius 2 is 1.76 bits per heavy atom. The van der Waals surface area contributed by atoms with Crippen molar-refractivity contribution in [3.05, 3.63) is 13.6 Å². The molecule has 8 heteroatoms. The summed E-state index contributed by atoms with van der Waals surface area (Å²) in [6.07, 6.45) is 0. The summed E-state index contributed by atoms with van der Waals surface area (Å²) in [5.74, 6) is 0.940. The number of fused-ring (bicyclic) bond motifs is 3. The fourth-order valence-corrected chi connectivity index (χ4v) is 7.28. The Kier molecular flexibility index (Phi) is 5.58. The van der Waals surface area contributed by atoms with Crippen molar-refractivity contribution in [3.8, 4) is 5.75 Å². The van der Waals surface area contributed by atoms with Crippen molar-refractivity contribution in [2.75, 3.05) is 33.5 Å². The molecule has 0 N–H and O–H groups in total. The first-order valence-electron chi connectivity index (χ1n) is 6.20. The van der Waals surface area contributed by atoms with Crippen LogP contribution in [-0.2, 0) is 9.47 Å². The standard InChI is InChI=1S/C13H12Br2O3S3/c1-16-2-3-17-4-5-18-9-11-12(21-13(9)15)10-7(19-11)6-8(14)20-10/h6H,2-5H2,1H3. The highest BCUT2D eigenvalue weighted by Gasteiger charge is 2.18. The molecule has 0 aliphatic heterocycles. The van der Waals surface area contributed by atoms with E-state index in [1.165, 1.54) is 22.6 Å². The first kappa shape index (κ1) is 16.2. The van der Waals surface area contributed by atoms with Crippen molar-refractivity contribution in [2.45, 2.75) is 0 Å². The number of ether oxygens (including phenoxy) is 3. The molecule has 0 bridgehead atoms. The van der Waals surface area contributed by atoms with Crippen LogP contribution in [0.4, 0.5) is 0 Å². The Morgan fingerprint density at radius 3 is 2.57 bits per heavy atom. The van der Waals surface area contributed by atoms with E-state index in [1.54, 1.807) is 41.1 Å². The van der Waals surface area contributed by atoms with Gasteiger partial charge in [0.2, 0.25) is 0 Å². The topological polar surface area (TPSA) is 27.7 Å². The third-order valence-corrected chi connectivity index (χ3v) is 7.78. The third kappa shape index (κ3) is 3.46. The van der Waals surface area contributed by atoms with E-state index < -0.39 is 0 Å². The average molecular weight is 472 g/mol. The van der Waals surface area contributed by atoms with Gasteiger partial charge in [-0.1, -0.05) is 0 Å². The fourth-order valence-electron chi connectivity index (χ4n) is 1.88. The molecule has 3 heterocycles. The maximum atomic E-state index is 5.90. The number of hydrogen-bond acceptors (Lipinski definition) is 6. The molecule has 0 atom stereocenters. The van der Waals surface area contributed by atoms with Gasteiger partial charge in [-0.05, 0) is 37.9 Å². The van der Waals surface area contributed by atoms with Crippen LogP contribution in [0.5, 0.6) is 5.75 Å². The quantitative estimate of drug-likeness (QED) is 0.411. The molecule has 0 unspecified atom stereocenters. The smallest absolute Gasteiger partial charge is 0.162 e. The summed E-state index contributed by atoms with van der Waals surface area (Å²) in [6, 6.07) is 2.17. The van der Waals surface area contributed by atoms with Gasteiger partial charge in [0.25, 0.3) is 0 Å². The first-order valence-corrected chi connectivity index (χ1v) is 10.2. The SMILES string of the molecule is COCCOCCOc1c(Br)sc2c1sc1cc(Br)sc12. The van der Waals surface area contributed by atoms with Crippen LogP contribution in [0, 0.1) is 0 Å². The zero-order valence-electron chi connectivity index (χ0n) is 11.1. The molecule has 0 saturated carbocycles. The number of halogens is 2. The van der Waals surface area contributed by atoms with Gasteiger partial charge >= 0.3 is 0 Å². The van der Waals surface area contributed by atoms with Gasteiger partial charge in [0.15, 0.2) is 5.75 Å². The zero-order chi connectivity index (χ0) is 14.8. The van der Waals surface area contributed by atoms with Crippen LogP contribution >= 0.6 is 65.9 Å². The lowest BCUT2D eigenvalue weighted by atomic mass is 10.4. The summed E-state index contributed by atoms with van der Waals surface area (Å²) < 4.78 is 23.6. The van der Waals surface area contributed by atoms with Crippen LogP contribution < -0.4 is 4.74 Å². The van der Waals surface area contributed by atoms with E-state index >= 15 is 0 Å². The highest BCUT2D eigenvalue weighted by molar-refractivity contribution is 9.11. The van der Waals surface area contributed by atoms with Crippen molar-refractivity contribution in [2.24, 2.45) is 0 Å². The van der Waals surface area contributed by atoms with Crippen LogP contribution in [0.25, 0.3) is 18.8 Å². The van der Waals surface area contributed by atoms with Gasteiger partial charge in [0, 0.05) is 11.8 Å². The Morgan fingerprint density at radius 1 is 0.952 bits per heavy atom. The predicted octanol–water partition coefficient (Wildman–Crippen LogP) is 5.74. The van der Waals surface area contributed by atoms with Crippen LogP contribution in [-0.4, -0.2) is 33.5 Å². The van der Waals surface area contributed by atoms with Gasteiger partial charge in [-0.2, -0.15) is 0 Å². The molecule has 21 heavy (non-hydrogen) atoms. The second-order valence-corrected chi connectivity index (χ2v) is 9.98. The molecule has 0 spiro atoms. The summed E-state index contributed by atoms with van der Waals surface area (Å²) in [5, 5.41) is 0. The lowest BCUT2D eigenvalue weighted by Gasteiger charge is -2.06. The summed E-state index contributed by atoms with van der Waals surface area (Å²) in [6.45, 7) is 2.33. The van der Waals surface area contributed by atoms with Crippen molar-refractivity contribution in [1.29, 1.82) is 0 Å². The van der Waals surface area contributed by atoms with E-state index in [1.807, 2.05) is 0 Å². The van der Waals surface area contributed by atoms with Gasteiger partial charge in [-0.3, -0.25) is 0 Å². The molecule has 0 fully saturated rings. The van der Waals surface area contributed by atoms with E-state index in [0.717, 1.165) is 9.54 Å². The van der Waals surface area contributed by atoms with Gasteiger partial charge in [0.1, 0.15) is 10.4 Å². The second-order valence-electron chi connectivity index (χ2n) is 4.16. The van der Waals surface area contributed by atoms with E-state index in [4.69, 9.17) is 14.2 Å². The van der Waals surface area contributed by atoms with Crippen molar-refractivity contribution in [3.63, 3.8) is 0 Å². The van der Waals surface area contributed by atoms with Crippen molar-refractivity contribution >= 4 is 84.7 Å². The van der Waals surface area contributed by atoms with Gasteiger partial charge in [0.05, 0.1) is 37.7 Å². The minimum atomic E-state index is 0.545.